The predicted molar refractivity (Wildman–Crippen MR) is 98.5 cm³/mol. The molecule has 2 heterocycles. The number of rotatable bonds is 5. The number of benzene rings is 1. The van der Waals surface area contributed by atoms with Crippen LogP contribution in [-0.4, -0.2) is 48.2 Å². The molecule has 1 fully saturated rings. The van der Waals surface area contributed by atoms with Crippen molar-refractivity contribution in [3.8, 4) is 0 Å². The molecule has 11 heteroatoms. The van der Waals surface area contributed by atoms with Crippen LogP contribution in [0, 0.1) is 6.92 Å². The number of hydrogen-bond acceptors (Lipinski definition) is 7. The zero-order chi connectivity index (χ0) is 19.4. The number of carbonyl (C=O) groups excluding carboxylic acids is 1. The minimum atomic E-state index is -4.48. The lowest BCUT2D eigenvalue weighted by atomic mass is 10.1. The van der Waals surface area contributed by atoms with E-state index in [1.54, 1.807) is 6.92 Å². The molecule has 1 aliphatic rings. The maximum absolute atomic E-state index is 13.1. The summed E-state index contributed by atoms with van der Waals surface area (Å²) in [6.07, 6.45) is -4.48. The smallest absolute Gasteiger partial charge is 0.378 e. The van der Waals surface area contributed by atoms with Crippen molar-refractivity contribution in [3.63, 3.8) is 0 Å². The summed E-state index contributed by atoms with van der Waals surface area (Å²) in [5, 5.41) is 11.2. The number of halogens is 3. The van der Waals surface area contributed by atoms with Gasteiger partial charge < -0.3 is 15.0 Å². The molecule has 27 heavy (non-hydrogen) atoms. The molecule has 3 rings (SSSR count). The van der Waals surface area contributed by atoms with E-state index in [1.807, 2.05) is 4.90 Å². The Morgan fingerprint density at radius 3 is 2.70 bits per heavy atom. The number of carbonyl (C=O) groups is 1. The fourth-order valence-electron chi connectivity index (χ4n) is 2.54. The van der Waals surface area contributed by atoms with E-state index in [-0.39, 0.29) is 11.4 Å². The Morgan fingerprint density at radius 1 is 1.33 bits per heavy atom. The topological polar surface area (TPSA) is 67.4 Å². The summed E-state index contributed by atoms with van der Waals surface area (Å²) in [5.74, 6) is -0.366. The molecule has 0 unspecified atom stereocenters. The largest absolute Gasteiger partial charge is 0.416 e. The summed E-state index contributed by atoms with van der Waals surface area (Å²) < 4.78 is 45.2. The van der Waals surface area contributed by atoms with Gasteiger partial charge in [0.2, 0.25) is 5.91 Å². The third-order valence-corrected chi connectivity index (χ3v) is 5.76. The number of hydrogen-bond donors (Lipinski definition) is 1. The molecule has 0 atom stereocenters. The van der Waals surface area contributed by atoms with Gasteiger partial charge >= 0.3 is 6.18 Å². The number of amides is 1. The van der Waals surface area contributed by atoms with Crippen molar-refractivity contribution in [3.05, 3.63) is 28.8 Å². The molecule has 1 N–H and O–H groups in total. The average molecular weight is 418 g/mol. The molecule has 2 aromatic rings. The Hall–Kier alpha value is -1.85. The standard InChI is InChI=1S/C16H17F3N4O2S2/c1-10-21-22-15(27-10)26-9-14(24)20-12-8-11(16(17,18)19)2-3-13(12)23-4-6-25-7-5-23/h2-3,8H,4-7,9H2,1H3,(H,20,24). The molecule has 1 amide bonds. The molecule has 1 aromatic carbocycles. The molecule has 0 aliphatic carbocycles. The predicted octanol–water partition coefficient (Wildman–Crippen LogP) is 3.43. The van der Waals surface area contributed by atoms with Gasteiger partial charge in [0.1, 0.15) is 5.01 Å². The average Bonchev–Trinajstić information content (AvgIpc) is 3.05. The Morgan fingerprint density at radius 2 is 2.07 bits per heavy atom. The molecule has 0 spiro atoms. The van der Waals surface area contributed by atoms with Crippen LogP contribution in [0.4, 0.5) is 24.5 Å². The highest BCUT2D eigenvalue weighted by molar-refractivity contribution is 8.01. The first-order chi connectivity index (χ1) is 12.8. The van der Waals surface area contributed by atoms with Gasteiger partial charge in [0.15, 0.2) is 4.34 Å². The molecule has 1 saturated heterocycles. The monoisotopic (exact) mass is 418 g/mol. The van der Waals surface area contributed by atoms with E-state index in [2.05, 4.69) is 15.5 Å². The van der Waals surface area contributed by atoms with Gasteiger partial charge in [-0.25, -0.2) is 0 Å². The molecule has 146 valence electrons. The van der Waals surface area contributed by atoms with E-state index in [1.165, 1.54) is 29.2 Å². The second-order valence-corrected chi connectivity index (χ2v) is 8.16. The zero-order valence-electron chi connectivity index (χ0n) is 14.4. The second-order valence-electron chi connectivity index (χ2n) is 5.75. The fraction of sp³-hybridized carbons (Fsp3) is 0.438. The van der Waals surface area contributed by atoms with E-state index in [9.17, 15) is 18.0 Å². The van der Waals surface area contributed by atoms with Crippen molar-refractivity contribution >= 4 is 40.4 Å². The molecule has 1 aliphatic heterocycles. The number of ether oxygens (including phenoxy) is 1. The highest BCUT2D eigenvalue weighted by atomic mass is 32.2. The van der Waals surface area contributed by atoms with Crippen molar-refractivity contribution < 1.29 is 22.7 Å². The fourth-order valence-corrected chi connectivity index (χ4v) is 4.16. The number of nitrogens with zero attached hydrogens (tertiary/aromatic N) is 3. The minimum absolute atomic E-state index is 0.0351. The lowest BCUT2D eigenvalue weighted by molar-refractivity contribution is -0.137. The summed E-state index contributed by atoms with van der Waals surface area (Å²) >= 11 is 2.55. The first kappa shape index (κ1) is 19.9. The molecule has 0 saturated carbocycles. The number of thioether (sulfide) groups is 1. The van der Waals surface area contributed by atoms with Crippen LogP contribution >= 0.6 is 23.1 Å². The summed E-state index contributed by atoms with van der Waals surface area (Å²) in [6, 6.07) is 3.40. The number of alkyl halides is 3. The van der Waals surface area contributed by atoms with Crippen LogP contribution < -0.4 is 10.2 Å². The lowest BCUT2D eigenvalue weighted by Crippen LogP contribution is -2.37. The van der Waals surface area contributed by atoms with Crippen molar-refractivity contribution in [2.24, 2.45) is 0 Å². The van der Waals surface area contributed by atoms with Crippen molar-refractivity contribution in [2.75, 3.05) is 42.3 Å². The summed E-state index contributed by atoms with van der Waals surface area (Å²) in [6.45, 7) is 3.88. The summed E-state index contributed by atoms with van der Waals surface area (Å²) in [5.41, 5.74) is -0.107. The van der Waals surface area contributed by atoms with E-state index in [0.717, 1.165) is 17.1 Å². The Labute approximate surface area is 162 Å². The van der Waals surface area contributed by atoms with E-state index in [4.69, 9.17) is 4.74 Å². The third-order valence-electron chi connectivity index (χ3n) is 3.78. The number of nitrogens with one attached hydrogen (secondary N) is 1. The Balaban J connectivity index is 1.76. The normalized spacial score (nSPS) is 15.0. The van der Waals surface area contributed by atoms with Gasteiger partial charge in [0.25, 0.3) is 0 Å². The Bertz CT molecular complexity index is 807. The molecule has 0 radical (unpaired) electrons. The highest BCUT2D eigenvalue weighted by Crippen LogP contribution is 2.36. The van der Waals surface area contributed by atoms with Crippen molar-refractivity contribution in [1.29, 1.82) is 0 Å². The summed E-state index contributed by atoms with van der Waals surface area (Å²) in [7, 11) is 0. The SMILES string of the molecule is Cc1nnc(SCC(=O)Nc2cc(C(F)(F)F)ccc2N2CCOCC2)s1. The number of morpholine rings is 1. The Kier molecular flexibility index (Phi) is 6.22. The number of aryl methyl sites for hydroxylation is 1. The van der Waals surface area contributed by atoms with Crippen LogP contribution in [0.2, 0.25) is 0 Å². The van der Waals surface area contributed by atoms with Crippen molar-refractivity contribution in [1.82, 2.24) is 10.2 Å². The minimum Gasteiger partial charge on any atom is -0.378 e. The maximum atomic E-state index is 13.1. The van der Waals surface area contributed by atoms with E-state index < -0.39 is 17.6 Å². The highest BCUT2D eigenvalue weighted by Gasteiger charge is 2.32. The van der Waals surface area contributed by atoms with Crippen LogP contribution in [-0.2, 0) is 15.7 Å². The zero-order valence-corrected chi connectivity index (χ0v) is 16.0. The van der Waals surface area contributed by atoms with Crippen LogP contribution in [0.25, 0.3) is 0 Å². The number of anilines is 2. The first-order valence-electron chi connectivity index (χ1n) is 8.09. The van der Waals surface area contributed by atoms with Gasteiger partial charge in [-0.1, -0.05) is 23.1 Å². The van der Waals surface area contributed by atoms with Crippen molar-refractivity contribution in [2.45, 2.75) is 17.4 Å². The summed E-state index contributed by atoms with van der Waals surface area (Å²) in [4.78, 5) is 14.2. The quantitative estimate of drug-likeness (QED) is 0.751. The first-order valence-corrected chi connectivity index (χ1v) is 9.90. The van der Waals surface area contributed by atoms with Gasteiger partial charge in [-0.3, -0.25) is 4.79 Å². The van der Waals surface area contributed by atoms with Crippen LogP contribution in [0.1, 0.15) is 10.6 Å². The van der Waals surface area contributed by atoms with Gasteiger partial charge in [-0.05, 0) is 25.1 Å². The van der Waals surface area contributed by atoms with Crippen LogP contribution in [0.5, 0.6) is 0 Å². The van der Waals surface area contributed by atoms with Gasteiger partial charge in [-0.15, -0.1) is 10.2 Å². The van der Waals surface area contributed by atoms with Gasteiger partial charge in [0.05, 0.1) is 35.9 Å². The number of aromatic nitrogens is 2. The third kappa shape index (κ3) is 5.33. The van der Waals surface area contributed by atoms with Gasteiger partial charge in [-0.2, -0.15) is 13.2 Å². The lowest BCUT2D eigenvalue weighted by Gasteiger charge is -2.31. The molecule has 6 nitrogen and oxygen atoms in total. The van der Waals surface area contributed by atoms with E-state index in [0.29, 0.717) is 36.3 Å². The maximum Gasteiger partial charge on any atom is 0.416 e. The second kappa shape index (κ2) is 8.44. The van der Waals surface area contributed by atoms with Crippen LogP contribution in [0.3, 0.4) is 0 Å². The molecular weight excluding hydrogens is 401 g/mol. The van der Waals surface area contributed by atoms with Gasteiger partial charge in [0, 0.05) is 13.1 Å². The molecular formula is C16H17F3N4O2S2. The van der Waals surface area contributed by atoms with E-state index >= 15 is 0 Å². The van der Waals surface area contributed by atoms with Crippen LogP contribution in [0.15, 0.2) is 22.5 Å². The molecule has 1 aromatic heterocycles. The molecule has 0 bridgehead atoms.